The van der Waals surface area contributed by atoms with Crippen LogP contribution in [0.15, 0.2) is 55.0 Å². The average molecular weight is 406 g/mol. The second kappa shape index (κ2) is 8.86. The Labute approximate surface area is 174 Å². The van der Waals surface area contributed by atoms with Crippen molar-refractivity contribution in [2.24, 2.45) is 5.92 Å². The van der Waals surface area contributed by atoms with Gasteiger partial charge in [0.25, 0.3) is 5.91 Å². The molecule has 3 N–H and O–H groups in total. The fourth-order valence-corrected chi connectivity index (χ4v) is 3.01. The fraction of sp³-hybridized carbons (Fsp3) is 0.273. The number of nitrogens with one attached hydrogen (secondary N) is 3. The molecule has 0 bridgehead atoms. The number of nitrogens with zero attached hydrogens (tertiary/aromatic N) is 3. The predicted molar refractivity (Wildman–Crippen MR) is 113 cm³/mol. The normalized spacial score (nSPS) is 14.1. The van der Waals surface area contributed by atoms with Crippen LogP contribution in [0.1, 0.15) is 41.7 Å². The van der Waals surface area contributed by atoms with Crippen molar-refractivity contribution in [3.8, 4) is 0 Å². The summed E-state index contributed by atoms with van der Waals surface area (Å²) >= 11 is 0. The van der Waals surface area contributed by atoms with E-state index in [2.05, 4.69) is 30.9 Å². The molecule has 0 saturated heterocycles. The zero-order valence-electron chi connectivity index (χ0n) is 16.6. The van der Waals surface area contributed by atoms with Gasteiger partial charge < -0.3 is 16.0 Å². The van der Waals surface area contributed by atoms with Crippen molar-refractivity contribution in [2.45, 2.75) is 25.8 Å². The SMILES string of the molecule is C[C@H](Nc1nc(Nc2cnccn2)ccc1C(=O)NCC1CC1)c1ccc(F)cc1. The van der Waals surface area contributed by atoms with E-state index in [0.717, 1.165) is 18.4 Å². The molecular weight excluding hydrogens is 383 g/mol. The Balaban J connectivity index is 1.57. The van der Waals surface area contributed by atoms with Crippen molar-refractivity contribution in [1.82, 2.24) is 20.3 Å². The molecular formula is C22H23FN6O. The summed E-state index contributed by atoms with van der Waals surface area (Å²) in [6.07, 6.45) is 7.08. The maximum absolute atomic E-state index is 13.3. The second-order valence-corrected chi connectivity index (χ2v) is 7.38. The third-order valence-electron chi connectivity index (χ3n) is 4.93. The van der Waals surface area contributed by atoms with Crippen LogP contribution in [0.4, 0.5) is 21.8 Å². The lowest BCUT2D eigenvalue weighted by Crippen LogP contribution is -2.27. The van der Waals surface area contributed by atoms with Crippen LogP contribution in [0.3, 0.4) is 0 Å². The smallest absolute Gasteiger partial charge is 0.255 e. The first-order valence-electron chi connectivity index (χ1n) is 9.93. The maximum Gasteiger partial charge on any atom is 0.255 e. The molecule has 0 spiro atoms. The van der Waals surface area contributed by atoms with Gasteiger partial charge in [0.2, 0.25) is 0 Å². The van der Waals surface area contributed by atoms with Crippen molar-refractivity contribution >= 4 is 23.4 Å². The van der Waals surface area contributed by atoms with Gasteiger partial charge in [-0.2, -0.15) is 0 Å². The van der Waals surface area contributed by atoms with Gasteiger partial charge in [0.05, 0.1) is 11.8 Å². The summed E-state index contributed by atoms with van der Waals surface area (Å²) in [6, 6.07) is 9.53. The molecule has 0 unspecified atom stereocenters. The molecule has 3 aromatic rings. The van der Waals surface area contributed by atoms with E-state index in [1.54, 1.807) is 42.9 Å². The number of rotatable bonds is 8. The second-order valence-electron chi connectivity index (χ2n) is 7.38. The van der Waals surface area contributed by atoms with E-state index in [-0.39, 0.29) is 17.8 Å². The Morgan fingerprint density at radius 2 is 1.93 bits per heavy atom. The molecule has 2 heterocycles. The number of hydrogen-bond donors (Lipinski definition) is 3. The summed E-state index contributed by atoms with van der Waals surface area (Å²) in [6.45, 7) is 2.61. The third-order valence-corrected chi connectivity index (χ3v) is 4.93. The highest BCUT2D eigenvalue weighted by Gasteiger charge is 2.23. The highest BCUT2D eigenvalue weighted by atomic mass is 19.1. The molecule has 1 aliphatic rings. The summed E-state index contributed by atoms with van der Waals surface area (Å²) in [7, 11) is 0. The van der Waals surface area contributed by atoms with Crippen LogP contribution in [0.2, 0.25) is 0 Å². The van der Waals surface area contributed by atoms with Crippen LogP contribution in [0.25, 0.3) is 0 Å². The minimum absolute atomic E-state index is 0.172. The van der Waals surface area contributed by atoms with Crippen LogP contribution in [0, 0.1) is 11.7 Å². The standard InChI is InChI=1S/C22H23FN6O/c1-14(16-4-6-17(23)7-5-16)27-21-18(22(30)26-12-15-2-3-15)8-9-19(29-21)28-20-13-24-10-11-25-20/h4-11,13-15H,2-3,12H2,1H3,(H,26,30)(H2,25,27,28,29)/t14-/m0/s1. The van der Waals surface area contributed by atoms with Gasteiger partial charge in [-0.25, -0.2) is 14.4 Å². The third kappa shape index (κ3) is 5.08. The van der Waals surface area contributed by atoms with E-state index >= 15 is 0 Å². The summed E-state index contributed by atoms with van der Waals surface area (Å²) in [5, 5.41) is 9.35. The van der Waals surface area contributed by atoms with Crippen molar-refractivity contribution in [2.75, 3.05) is 17.2 Å². The molecule has 4 rings (SSSR count). The van der Waals surface area contributed by atoms with Gasteiger partial charge >= 0.3 is 0 Å². The van der Waals surface area contributed by atoms with E-state index < -0.39 is 0 Å². The molecule has 1 fully saturated rings. The predicted octanol–water partition coefficient (Wildman–Crippen LogP) is 4.07. The maximum atomic E-state index is 13.3. The van der Waals surface area contributed by atoms with Gasteiger partial charge in [-0.1, -0.05) is 12.1 Å². The first-order valence-corrected chi connectivity index (χ1v) is 9.93. The van der Waals surface area contributed by atoms with Crippen molar-refractivity contribution in [3.63, 3.8) is 0 Å². The molecule has 0 radical (unpaired) electrons. The molecule has 1 aliphatic carbocycles. The van der Waals surface area contributed by atoms with Gasteiger partial charge in [-0.3, -0.25) is 9.78 Å². The molecule has 30 heavy (non-hydrogen) atoms. The molecule has 1 saturated carbocycles. The molecule has 1 amide bonds. The molecule has 154 valence electrons. The van der Waals surface area contributed by atoms with Gasteiger partial charge in [0, 0.05) is 25.0 Å². The Bertz CT molecular complexity index is 1010. The van der Waals surface area contributed by atoms with E-state index in [1.807, 2.05) is 6.92 Å². The molecule has 7 nitrogen and oxygen atoms in total. The quantitative estimate of drug-likeness (QED) is 0.522. The van der Waals surface area contributed by atoms with Gasteiger partial charge in [-0.15, -0.1) is 0 Å². The highest BCUT2D eigenvalue weighted by Crippen LogP contribution is 2.28. The van der Waals surface area contributed by atoms with Crippen molar-refractivity contribution in [1.29, 1.82) is 0 Å². The lowest BCUT2D eigenvalue weighted by molar-refractivity contribution is 0.0952. The number of anilines is 3. The fourth-order valence-electron chi connectivity index (χ4n) is 3.01. The number of aromatic nitrogens is 3. The Hall–Kier alpha value is -3.55. The van der Waals surface area contributed by atoms with Crippen LogP contribution in [-0.4, -0.2) is 27.4 Å². The molecule has 1 aromatic carbocycles. The number of amides is 1. The summed E-state index contributed by atoms with van der Waals surface area (Å²) < 4.78 is 13.3. The molecule has 0 aliphatic heterocycles. The van der Waals surface area contributed by atoms with Crippen LogP contribution < -0.4 is 16.0 Å². The first kappa shape index (κ1) is 19.8. The van der Waals surface area contributed by atoms with Crippen molar-refractivity contribution in [3.05, 3.63) is 71.9 Å². The lowest BCUT2D eigenvalue weighted by Gasteiger charge is -2.18. The molecule has 8 heteroatoms. The number of halogens is 1. The number of carbonyl (C=O) groups is 1. The molecule has 2 aromatic heterocycles. The Kier molecular flexibility index (Phi) is 5.83. The monoisotopic (exact) mass is 406 g/mol. The van der Waals surface area contributed by atoms with Crippen molar-refractivity contribution < 1.29 is 9.18 Å². The van der Waals surface area contributed by atoms with E-state index in [0.29, 0.717) is 35.5 Å². The number of pyridine rings is 1. The zero-order valence-corrected chi connectivity index (χ0v) is 16.6. The lowest BCUT2D eigenvalue weighted by atomic mass is 10.1. The Morgan fingerprint density at radius 1 is 1.13 bits per heavy atom. The van der Waals surface area contributed by atoms with E-state index in [4.69, 9.17) is 0 Å². The average Bonchev–Trinajstić information content (AvgIpc) is 3.58. The number of benzene rings is 1. The minimum Gasteiger partial charge on any atom is -0.363 e. The number of hydrogen-bond acceptors (Lipinski definition) is 6. The number of carbonyl (C=O) groups excluding carboxylic acids is 1. The first-order chi connectivity index (χ1) is 14.6. The van der Waals surface area contributed by atoms with Crippen LogP contribution in [-0.2, 0) is 0 Å². The van der Waals surface area contributed by atoms with Crippen LogP contribution >= 0.6 is 0 Å². The van der Waals surface area contributed by atoms with E-state index in [1.165, 1.54) is 12.1 Å². The minimum atomic E-state index is -0.292. The summed E-state index contributed by atoms with van der Waals surface area (Å²) in [5.41, 5.74) is 1.34. The summed E-state index contributed by atoms with van der Waals surface area (Å²) in [5.74, 6) is 1.63. The summed E-state index contributed by atoms with van der Waals surface area (Å²) in [4.78, 5) is 25.5. The van der Waals surface area contributed by atoms with Gasteiger partial charge in [0.1, 0.15) is 23.3 Å². The zero-order chi connectivity index (χ0) is 20.9. The Morgan fingerprint density at radius 3 is 2.63 bits per heavy atom. The van der Waals surface area contributed by atoms with Gasteiger partial charge in [0.15, 0.2) is 0 Å². The van der Waals surface area contributed by atoms with E-state index in [9.17, 15) is 9.18 Å². The van der Waals surface area contributed by atoms with Crippen LogP contribution in [0.5, 0.6) is 0 Å². The highest BCUT2D eigenvalue weighted by molar-refractivity contribution is 5.99. The van der Waals surface area contributed by atoms with Gasteiger partial charge in [-0.05, 0) is 55.5 Å². The molecule has 1 atom stereocenters. The largest absolute Gasteiger partial charge is 0.363 e. The topological polar surface area (TPSA) is 91.8 Å².